The van der Waals surface area contributed by atoms with Crippen molar-refractivity contribution >= 4 is 16.7 Å². The highest BCUT2D eigenvalue weighted by atomic mass is 16.6. The number of carbonyl (C=O) groups excluding carboxylic acids is 1. The molecule has 2 aromatic rings. The summed E-state index contributed by atoms with van der Waals surface area (Å²) in [7, 11) is 0. The van der Waals surface area contributed by atoms with Gasteiger partial charge in [-0.25, -0.2) is 4.79 Å². The van der Waals surface area contributed by atoms with Crippen LogP contribution in [0.4, 0.5) is 0 Å². The van der Waals surface area contributed by atoms with Crippen molar-refractivity contribution in [3.05, 3.63) is 48.0 Å². The summed E-state index contributed by atoms with van der Waals surface area (Å²) in [6, 6.07) is 13.8. The molecule has 160 valence electrons. The van der Waals surface area contributed by atoms with Crippen molar-refractivity contribution in [3.63, 3.8) is 0 Å². The molecule has 7 atom stereocenters. The lowest BCUT2D eigenvalue weighted by atomic mass is 9.69. The van der Waals surface area contributed by atoms with Crippen LogP contribution in [0.15, 0.2) is 42.5 Å². The Kier molecular flexibility index (Phi) is 4.53. The molecule has 5 rings (SSSR count). The van der Waals surface area contributed by atoms with Gasteiger partial charge in [0.25, 0.3) is 0 Å². The molecule has 2 aromatic carbocycles. The number of rotatable bonds is 3. The minimum atomic E-state index is -0.638. The molecule has 0 aromatic heterocycles. The first-order chi connectivity index (χ1) is 14.3. The summed E-state index contributed by atoms with van der Waals surface area (Å²) < 4.78 is 13.0. The topological polar surface area (TPSA) is 55.8 Å². The van der Waals surface area contributed by atoms with E-state index in [1.807, 2.05) is 42.5 Å². The number of ether oxygens (including phenoxy) is 2. The van der Waals surface area contributed by atoms with Crippen LogP contribution >= 0.6 is 0 Å². The van der Waals surface area contributed by atoms with E-state index in [0.717, 1.165) is 23.6 Å². The minimum absolute atomic E-state index is 0.136. The Labute approximate surface area is 178 Å². The van der Waals surface area contributed by atoms with Gasteiger partial charge < -0.3 is 14.6 Å². The summed E-state index contributed by atoms with van der Waals surface area (Å²) in [5, 5.41) is 13.2. The van der Waals surface area contributed by atoms with E-state index in [1.54, 1.807) is 0 Å². The van der Waals surface area contributed by atoms with Crippen LogP contribution in [0.5, 0.6) is 0 Å². The monoisotopic (exact) mass is 408 g/mol. The normalized spacial score (nSPS) is 40.0. The van der Waals surface area contributed by atoms with Crippen molar-refractivity contribution < 1.29 is 19.4 Å². The van der Waals surface area contributed by atoms with Gasteiger partial charge in [0.2, 0.25) is 0 Å². The fraction of sp³-hybridized carbons (Fsp3) is 0.577. The van der Waals surface area contributed by atoms with Gasteiger partial charge >= 0.3 is 5.97 Å². The van der Waals surface area contributed by atoms with Crippen LogP contribution < -0.4 is 0 Å². The Balaban J connectivity index is 1.53. The summed E-state index contributed by atoms with van der Waals surface area (Å²) in [6.07, 6.45) is 1.75. The highest BCUT2D eigenvalue weighted by Crippen LogP contribution is 2.62. The molecule has 3 aliphatic rings. The number of esters is 1. The molecule has 2 bridgehead atoms. The molecule has 30 heavy (non-hydrogen) atoms. The van der Waals surface area contributed by atoms with Crippen LogP contribution in [0.25, 0.3) is 10.8 Å². The molecule has 4 heteroatoms. The van der Waals surface area contributed by atoms with E-state index in [9.17, 15) is 9.90 Å². The molecule has 2 heterocycles. The second kappa shape index (κ2) is 6.80. The number of carbonyl (C=O) groups is 1. The molecule has 4 nitrogen and oxygen atoms in total. The van der Waals surface area contributed by atoms with Gasteiger partial charge in [0.1, 0.15) is 11.7 Å². The average molecular weight is 409 g/mol. The largest absolute Gasteiger partial charge is 0.455 e. The van der Waals surface area contributed by atoms with E-state index in [-0.39, 0.29) is 29.8 Å². The third-order valence-corrected chi connectivity index (χ3v) is 8.40. The summed E-state index contributed by atoms with van der Waals surface area (Å²) in [5.41, 5.74) is -0.617. The van der Waals surface area contributed by atoms with Crippen LogP contribution in [-0.2, 0) is 9.47 Å². The van der Waals surface area contributed by atoms with Crippen molar-refractivity contribution in [1.29, 1.82) is 0 Å². The maximum Gasteiger partial charge on any atom is 0.338 e. The lowest BCUT2D eigenvalue weighted by molar-refractivity contribution is -0.257. The predicted octanol–water partition coefficient (Wildman–Crippen LogP) is 4.98. The van der Waals surface area contributed by atoms with E-state index >= 15 is 0 Å². The van der Waals surface area contributed by atoms with Gasteiger partial charge in [-0.2, -0.15) is 0 Å². The third kappa shape index (κ3) is 2.69. The van der Waals surface area contributed by atoms with Gasteiger partial charge in [0, 0.05) is 12.3 Å². The Morgan fingerprint density at radius 2 is 1.90 bits per heavy atom. The first kappa shape index (κ1) is 20.0. The molecule has 1 aliphatic carbocycles. The summed E-state index contributed by atoms with van der Waals surface area (Å²) >= 11 is 0. The molecule has 7 unspecified atom stereocenters. The lowest BCUT2D eigenvalue weighted by Gasteiger charge is -2.53. The zero-order chi connectivity index (χ0) is 21.3. The third-order valence-electron chi connectivity index (χ3n) is 8.40. The highest BCUT2D eigenvalue weighted by molar-refractivity contribution is 5.95. The predicted molar refractivity (Wildman–Crippen MR) is 116 cm³/mol. The SMILES string of the molecule is CC1CCC2C1C(OC(=O)c1ccc3ccccc3c1)C1(C(C)C)CC(O)C2(C)O1. The molecule has 1 saturated carbocycles. The summed E-state index contributed by atoms with van der Waals surface area (Å²) in [5.74, 6) is 0.712. The Morgan fingerprint density at radius 1 is 1.17 bits per heavy atom. The molecule has 3 fully saturated rings. The van der Waals surface area contributed by atoms with E-state index in [4.69, 9.17) is 9.47 Å². The zero-order valence-corrected chi connectivity index (χ0v) is 18.3. The van der Waals surface area contributed by atoms with Crippen LogP contribution in [0.3, 0.4) is 0 Å². The highest BCUT2D eigenvalue weighted by Gasteiger charge is 2.71. The second-order valence-electron chi connectivity index (χ2n) is 10.2. The van der Waals surface area contributed by atoms with Crippen LogP contribution in [0, 0.1) is 23.7 Å². The number of hydrogen-bond donors (Lipinski definition) is 1. The second-order valence-corrected chi connectivity index (χ2v) is 10.2. The first-order valence-corrected chi connectivity index (χ1v) is 11.3. The molecule has 2 saturated heterocycles. The number of fused-ring (bicyclic) bond motifs is 5. The standard InChI is InChI=1S/C26H32O4/c1-15(2)26-14-21(27)25(4,30-26)20-12-9-16(3)22(20)23(26)29-24(28)19-11-10-17-7-5-6-8-18(17)13-19/h5-8,10-11,13,15-16,20-23,27H,9,12,14H2,1-4H3. The molecule has 1 N–H and O–H groups in total. The maximum atomic E-state index is 13.3. The molecule has 0 radical (unpaired) electrons. The van der Waals surface area contributed by atoms with Gasteiger partial charge in [0.05, 0.1) is 17.3 Å². The zero-order valence-electron chi connectivity index (χ0n) is 18.3. The Hall–Kier alpha value is -1.91. The van der Waals surface area contributed by atoms with Crippen molar-refractivity contribution in [1.82, 2.24) is 0 Å². The molecular weight excluding hydrogens is 376 g/mol. The van der Waals surface area contributed by atoms with Gasteiger partial charge in [-0.3, -0.25) is 0 Å². The number of benzene rings is 2. The number of aliphatic hydroxyl groups excluding tert-OH is 1. The summed E-state index contributed by atoms with van der Waals surface area (Å²) in [4.78, 5) is 13.3. The van der Waals surface area contributed by atoms with Gasteiger partial charge in [0.15, 0.2) is 0 Å². The Bertz CT molecular complexity index is 984. The van der Waals surface area contributed by atoms with E-state index in [0.29, 0.717) is 17.9 Å². The fourth-order valence-electron chi connectivity index (χ4n) is 6.61. The Morgan fingerprint density at radius 3 is 2.63 bits per heavy atom. The van der Waals surface area contributed by atoms with Gasteiger partial charge in [-0.15, -0.1) is 0 Å². The van der Waals surface area contributed by atoms with Crippen molar-refractivity contribution in [2.45, 2.75) is 70.4 Å². The van der Waals surface area contributed by atoms with Gasteiger partial charge in [-0.05, 0) is 60.4 Å². The van der Waals surface area contributed by atoms with E-state index < -0.39 is 17.3 Å². The first-order valence-electron chi connectivity index (χ1n) is 11.3. The van der Waals surface area contributed by atoms with E-state index in [1.165, 1.54) is 0 Å². The van der Waals surface area contributed by atoms with Gasteiger partial charge in [-0.1, -0.05) is 51.1 Å². The van der Waals surface area contributed by atoms with Crippen LogP contribution in [0.1, 0.15) is 57.3 Å². The van der Waals surface area contributed by atoms with E-state index in [2.05, 4.69) is 27.7 Å². The van der Waals surface area contributed by atoms with Crippen LogP contribution in [-0.4, -0.2) is 34.5 Å². The van der Waals surface area contributed by atoms with Crippen molar-refractivity contribution in [2.24, 2.45) is 23.7 Å². The molecule has 0 spiro atoms. The molecule has 0 amide bonds. The quantitative estimate of drug-likeness (QED) is 0.728. The van der Waals surface area contributed by atoms with Crippen molar-refractivity contribution in [2.75, 3.05) is 0 Å². The summed E-state index contributed by atoms with van der Waals surface area (Å²) in [6.45, 7) is 8.57. The minimum Gasteiger partial charge on any atom is -0.455 e. The maximum absolute atomic E-state index is 13.3. The smallest absolute Gasteiger partial charge is 0.338 e. The fourth-order valence-corrected chi connectivity index (χ4v) is 6.61. The van der Waals surface area contributed by atoms with Crippen molar-refractivity contribution in [3.8, 4) is 0 Å². The molecule has 2 aliphatic heterocycles. The molecular formula is C26H32O4. The lowest BCUT2D eigenvalue weighted by Crippen LogP contribution is -2.62. The number of hydrogen-bond acceptors (Lipinski definition) is 4. The average Bonchev–Trinajstić information content (AvgIpc) is 3.23. The number of aliphatic hydroxyl groups is 1. The van der Waals surface area contributed by atoms with Crippen LogP contribution in [0.2, 0.25) is 0 Å².